The molecule has 0 aliphatic carbocycles. The zero-order valence-corrected chi connectivity index (χ0v) is 9.80. The highest BCUT2D eigenvalue weighted by atomic mass is 79.9. The SMILES string of the molecule is Fc1ccc(OCC2CCOC2)cc1Br. The fraction of sp³-hybridized carbons (Fsp3) is 0.455. The van der Waals surface area contributed by atoms with Crippen LogP contribution in [0.15, 0.2) is 22.7 Å². The summed E-state index contributed by atoms with van der Waals surface area (Å²) in [5, 5.41) is 0. The molecule has 0 radical (unpaired) electrons. The Morgan fingerprint density at radius 2 is 2.40 bits per heavy atom. The maximum atomic E-state index is 12.9. The fourth-order valence-electron chi connectivity index (χ4n) is 1.50. The van der Waals surface area contributed by atoms with E-state index in [-0.39, 0.29) is 5.82 Å². The molecule has 2 rings (SSSR count). The van der Waals surface area contributed by atoms with E-state index in [2.05, 4.69) is 15.9 Å². The van der Waals surface area contributed by atoms with Crippen LogP contribution in [0.1, 0.15) is 6.42 Å². The molecule has 0 N–H and O–H groups in total. The standard InChI is InChI=1S/C11H12BrFO2/c12-10-5-9(1-2-11(10)13)15-7-8-3-4-14-6-8/h1-2,5,8H,3-4,6-7H2. The van der Waals surface area contributed by atoms with Crippen LogP contribution in [0.4, 0.5) is 4.39 Å². The average Bonchev–Trinajstić information content (AvgIpc) is 2.73. The van der Waals surface area contributed by atoms with E-state index in [9.17, 15) is 4.39 Å². The van der Waals surface area contributed by atoms with Gasteiger partial charge in [-0.1, -0.05) is 0 Å². The van der Waals surface area contributed by atoms with Crippen molar-refractivity contribution in [3.63, 3.8) is 0 Å². The largest absolute Gasteiger partial charge is 0.493 e. The average molecular weight is 275 g/mol. The summed E-state index contributed by atoms with van der Waals surface area (Å²) in [6.45, 7) is 2.22. The molecule has 0 bridgehead atoms. The van der Waals surface area contributed by atoms with E-state index in [1.54, 1.807) is 12.1 Å². The van der Waals surface area contributed by atoms with Gasteiger partial charge >= 0.3 is 0 Å². The molecule has 0 aromatic heterocycles. The summed E-state index contributed by atoms with van der Waals surface area (Å²) in [5.41, 5.74) is 0. The number of rotatable bonds is 3. The molecule has 4 heteroatoms. The van der Waals surface area contributed by atoms with Gasteiger partial charge in [0.25, 0.3) is 0 Å². The van der Waals surface area contributed by atoms with Crippen molar-refractivity contribution in [2.75, 3.05) is 19.8 Å². The lowest BCUT2D eigenvalue weighted by Gasteiger charge is -2.10. The third-order valence-electron chi connectivity index (χ3n) is 2.40. The van der Waals surface area contributed by atoms with Crippen molar-refractivity contribution in [3.8, 4) is 5.75 Å². The second-order valence-electron chi connectivity index (χ2n) is 3.62. The number of benzene rings is 1. The van der Waals surface area contributed by atoms with E-state index >= 15 is 0 Å². The number of ether oxygens (including phenoxy) is 2. The number of halogens is 2. The normalized spacial score (nSPS) is 20.5. The van der Waals surface area contributed by atoms with Crippen molar-refractivity contribution in [2.24, 2.45) is 5.92 Å². The van der Waals surface area contributed by atoms with Gasteiger partial charge in [0.15, 0.2) is 0 Å². The predicted octanol–water partition coefficient (Wildman–Crippen LogP) is 3.00. The molecular weight excluding hydrogens is 263 g/mol. The summed E-state index contributed by atoms with van der Waals surface area (Å²) in [6.07, 6.45) is 1.04. The Morgan fingerprint density at radius 3 is 3.07 bits per heavy atom. The molecule has 0 spiro atoms. The molecule has 1 aliphatic rings. The van der Waals surface area contributed by atoms with Gasteiger partial charge in [0, 0.05) is 12.5 Å². The molecule has 1 atom stereocenters. The van der Waals surface area contributed by atoms with Crippen LogP contribution in [0, 0.1) is 11.7 Å². The first kappa shape index (κ1) is 10.9. The molecule has 2 nitrogen and oxygen atoms in total. The number of hydrogen-bond donors (Lipinski definition) is 0. The van der Waals surface area contributed by atoms with E-state index in [4.69, 9.17) is 9.47 Å². The Bertz CT molecular complexity index is 337. The molecule has 0 amide bonds. The summed E-state index contributed by atoms with van der Waals surface area (Å²) in [7, 11) is 0. The van der Waals surface area contributed by atoms with Crippen LogP contribution in [-0.2, 0) is 4.74 Å². The van der Waals surface area contributed by atoms with Crippen LogP contribution < -0.4 is 4.74 Å². The second-order valence-corrected chi connectivity index (χ2v) is 4.47. The van der Waals surface area contributed by atoms with Crippen LogP contribution in [-0.4, -0.2) is 19.8 Å². The van der Waals surface area contributed by atoms with Gasteiger partial charge in [-0.2, -0.15) is 0 Å². The van der Waals surface area contributed by atoms with E-state index in [1.807, 2.05) is 0 Å². The second kappa shape index (κ2) is 4.94. The van der Waals surface area contributed by atoms with Crippen LogP contribution >= 0.6 is 15.9 Å². The topological polar surface area (TPSA) is 18.5 Å². The molecule has 1 saturated heterocycles. The van der Waals surface area contributed by atoms with Crippen molar-refractivity contribution in [1.29, 1.82) is 0 Å². The predicted molar refractivity (Wildman–Crippen MR) is 58.5 cm³/mol. The maximum Gasteiger partial charge on any atom is 0.137 e. The quantitative estimate of drug-likeness (QED) is 0.844. The van der Waals surface area contributed by atoms with Gasteiger partial charge in [-0.3, -0.25) is 0 Å². The van der Waals surface area contributed by atoms with Crippen molar-refractivity contribution < 1.29 is 13.9 Å². The van der Waals surface area contributed by atoms with E-state index in [1.165, 1.54) is 6.07 Å². The fourth-order valence-corrected chi connectivity index (χ4v) is 1.85. The van der Waals surface area contributed by atoms with Crippen molar-refractivity contribution in [2.45, 2.75) is 6.42 Å². The van der Waals surface area contributed by atoms with Gasteiger partial charge in [-0.05, 0) is 40.5 Å². The van der Waals surface area contributed by atoms with Gasteiger partial charge < -0.3 is 9.47 Å². The summed E-state index contributed by atoms with van der Waals surface area (Å²) in [4.78, 5) is 0. The lowest BCUT2D eigenvalue weighted by Crippen LogP contribution is -2.11. The van der Waals surface area contributed by atoms with Crippen molar-refractivity contribution in [1.82, 2.24) is 0 Å². The van der Waals surface area contributed by atoms with Gasteiger partial charge in [0.05, 0.1) is 17.7 Å². The first-order valence-corrected chi connectivity index (χ1v) is 5.70. The summed E-state index contributed by atoms with van der Waals surface area (Å²) in [6, 6.07) is 4.67. The summed E-state index contributed by atoms with van der Waals surface area (Å²) >= 11 is 3.12. The summed E-state index contributed by atoms with van der Waals surface area (Å²) < 4.78 is 24.1. The molecule has 1 aromatic carbocycles. The van der Waals surface area contributed by atoms with Crippen LogP contribution in [0.25, 0.3) is 0 Å². The molecule has 15 heavy (non-hydrogen) atoms. The molecule has 0 saturated carbocycles. The first-order valence-electron chi connectivity index (χ1n) is 4.91. The molecule has 1 heterocycles. The lowest BCUT2D eigenvalue weighted by atomic mass is 10.1. The lowest BCUT2D eigenvalue weighted by molar-refractivity contribution is 0.167. The smallest absolute Gasteiger partial charge is 0.137 e. The first-order chi connectivity index (χ1) is 7.25. The molecular formula is C11H12BrFO2. The Labute approximate surface area is 96.5 Å². The monoisotopic (exact) mass is 274 g/mol. The number of hydrogen-bond acceptors (Lipinski definition) is 2. The minimum absolute atomic E-state index is 0.272. The third kappa shape index (κ3) is 2.92. The van der Waals surface area contributed by atoms with E-state index < -0.39 is 0 Å². The molecule has 82 valence electrons. The zero-order chi connectivity index (χ0) is 10.7. The minimum Gasteiger partial charge on any atom is -0.493 e. The highest BCUT2D eigenvalue weighted by Crippen LogP contribution is 2.23. The Kier molecular flexibility index (Phi) is 3.59. The van der Waals surface area contributed by atoms with Crippen LogP contribution in [0.2, 0.25) is 0 Å². The Balaban J connectivity index is 1.90. The third-order valence-corrected chi connectivity index (χ3v) is 3.01. The minimum atomic E-state index is -0.272. The Morgan fingerprint density at radius 1 is 1.53 bits per heavy atom. The zero-order valence-electron chi connectivity index (χ0n) is 8.21. The van der Waals surface area contributed by atoms with E-state index in [0.717, 1.165) is 19.6 Å². The molecule has 1 aliphatic heterocycles. The summed E-state index contributed by atoms with van der Waals surface area (Å²) in [5.74, 6) is 0.885. The molecule has 1 unspecified atom stereocenters. The van der Waals surface area contributed by atoms with Gasteiger partial charge in [0.1, 0.15) is 11.6 Å². The highest BCUT2D eigenvalue weighted by Gasteiger charge is 2.16. The Hall–Kier alpha value is -0.610. The van der Waals surface area contributed by atoms with Crippen molar-refractivity contribution in [3.05, 3.63) is 28.5 Å². The van der Waals surface area contributed by atoms with Gasteiger partial charge in [-0.25, -0.2) is 4.39 Å². The van der Waals surface area contributed by atoms with Gasteiger partial charge in [-0.15, -0.1) is 0 Å². The molecule has 1 aromatic rings. The van der Waals surface area contributed by atoms with Crippen LogP contribution in [0.3, 0.4) is 0 Å². The van der Waals surface area contributed by atoms with E-state index in [0.29, 0.717) is 22.7 Å². The van der Waals surface area contributed by atoms with Crippen LogP contribution in [0.5, 0.6) is 5.75 Å². The molecule has 1 fully saturated rings. The van der Waals surface area contributed by atoms with Gasteiger partial charge in [0.2, 0.25) is 0 Å². The maximum absolute atomic E-state index is 12.9. The van der Waals surface area contributed by atoms with Crippen molar-refractivity contribution >= 4 is 15.9 Å². The highest BCUT2D eigenvalue weighted by molar-refractivity contribution is 9.10.